The zero-order chi connectivity index (χ0) is 23.2. The number of aliphatic hydroxyl groups excluding tert-OH is 1. The highest BCUT2D eigenvalue weighted by atomic mass is 32.1. The van der Waals surface area contributed by atoms with Crippen LogP contribution in [0.1, 0.15) is 24.2 Å². The van der Waals surface area contributed by atoms with Gasteiger partial charge in [-0.1, -0.05) is 0 Å². The predicted octanol–water partition coefficient (Wildman–Crippen LogP) is 3.52. The highest BCUT2D eigenvalue weighted by Gasteiger charge is 2.60. The summed E-state index contributed by atoms with van der Waals surface area (Å²) in [6, 6.07) is 1.71. The van der Waals surface area contributed by atoms with Gasteiger partial charge in [0.05, 0.1) is 36.1 Å². The summed E-state index contributed by atoms with van der Waals surface area (Å²) in [7, 11) is 0. The second-order valence-corrected chi connectivity index (χ2v) is 8.88. The minimum Gasteiger partial charge on any atom is -0.394 e. The van der Waals surface area contributed by atoms with Crippen LogP contribution in [0.25, 0.3) is 16.9 Å². The van der Waals surface area contributed by atoms with Crippen molar-refractivity contribution in [2.75, 3.05) is 18.5 Å². The minimum absolute atomic E-state index is 0.00290. The summed E-state index contributed by atoms with van der Waals surface area (Å²) < 4.78 is 47.3. The molecule has 4 aromatic rings. The molecule has 0 aromatic carbocycles. The number of nitrogens with zero attached hydrogens (tertiary/aromatic N) is 6. The van der Waals surface area contributed by atoms with E-state index in [0.717, 1.165) is 28.5 Å². The maximum Gasteiger partial charge on any atom is 0.409 e. The Morgan fingerprint density at radius 3 is 2.91 bits per heavy atom. The molecule has 1 aliphatic heterocycles. The second kappa shape index (κ2) is 8.08. The maximum absolute atomic E-state index is 13.7. The van der Waals surface area contributed by atoms with Crippen molar-refractivity contribution in [1.29, 1.82) is 0 Å². The van der Waals surface area contributed by atoms with Gasteiger partial charge in [-0.05, 0) is 43.9 Å². The molecule has 0 amide bonds. The number of alkyl halides is 3. The number of halogens is 3. The molecule has 9 nitrogen and oxygen atoms in total. The Morgan fingerprint density at radius 1 is 1.33 bits per heavy atom. The van der Waals surface area contributed by atoms with Gasteiger partial charge in [0.2, 0.25) is 0 Å². The van der Waals surface area contributed by atoms with Crippen LogP contribution in [0.2, 0.25) is 0 Å². The predicted molar refractivity (Wildman–Crippen MR) is 116 cm³/mol. The number of aromatic nitrogens is 6. The number of nitrogens with one attached hydrogen (secondary N) is 2. The lowest BCUT2D eigenvalue weighted by atomic mass is 9.96. The van der Waals surface area contributed by atoms with E-state index in [9.17, 15) is 18.3 Å². The average molecular weight is 479 g/mol. The molecule has 1 atom stereocenters. The van der Waals surface area contributed by atoms with E-state index in [1.807, 2.05) is 17.5 Å². The summed E-state index contributed by atoms with van der Waals surface area (Å²) in [6.45, 7) is 1.16. The summed E-state index contributed by atoms with van der Waals surface area (Å²) in [5.41, 5.74) is 1.36. The molecule has 4 aromatic heterocycles. The first kappa shape index (κ1) is 21.8. The van der Waals surface area contributed by atoms with Crippen LogP contribution >= 0.6 is 11.5 Å². The molecule has 1 saturated heterocycles. The van der Waals surface area contributed by atoms with Gasteiger partial charge in [0.15, 0.2) is 11.5 Å². The van der Waals surface area contributed by atoms with E-state index in [-0.39, 0.29) is 19.5 Å². The number of H-pyrrole nitrogens is 1. The number of imidazole rings is 1. The van der Waals surface area contributed by atoms with Crippen molar-refractivity contribution < 1.29 is 18.3 Å². The first-order valence-electron chi connectivity index (χ1n) is 10.3. The standard InChI is InChI=1S/C20H21F3N8OS/c1-12-9-31-15(13-6-25-26-7-13)8-24-18(31)17(27-12)28-16-5-14(29-33-16)10-30-4-2-3-19(30,11-32)20(21,22)23/h5-9,32H,2-4,10-11H2,1H3,(H,25,26)(H,27,28). The number of aryl methyl sites for hydroxylation is 1. The molecule has 1 unspecified atom stereocenters. The number of hydrogen-bond donors (Lipinski definition) is 3. The van der Waals surface area contributed by atoms with Crippen LogP contribution in [0.4, 0.5) is 24.0 Å². The van der Waals surface area contributed by atoms with Crippen LogP contribution in [-0.2, 0) is 6.54 Å². The summed E-state index contributed by atoms with van der Waals surface area (Å²) >= 11 is 1.14. The van der Waals surface area contributed by atoms with Crippen molar-refractivity contribution in [3.8, 4) is 11.3 Å². The van der Waals surface area contributed by atoms with E-state index in [2.05, 4.69) is 29.9 Å². The largest absolute Gasteiger partial charge is 0.409 e. The van der Waals surface area contributed by atoms with Gasteiger partial charge < -0.3 is 10.4 Å². The third kappa shape index (κ3) is 3.75. The van der Waals surface area contributed by atoms with Gasteiger partial charge in [0.1, 0.15) is 10.5 Å². The van der Waals surface area contributed by atoms with Gasteiger partial charge in [-0.2, -0.15) is 22.6 Å². The van der Waals surface area contributed by atoms with Gasteiger partial charge in [-0.25, -0.2) is 9.97 Å². The maximum atomic E-state index is 13.7. The average Bonchev–Trinajstić information content (AvgIpc) is 3.54. The second-order valence-electron chi connectivity index (χ2n) is 8.07. The smallest absolute Gasteiger partial charge is 0.394 e. The normalized spacial score (nSPS) is 19.5. The number of rotatable bonds is 6. The fourth-order valence-electron chi connectivity index (χ4n) is 4.31. The SMILES string of the molecule is Cc1cn2c(-c3cn[nH]c3)cnc2c(Nc2cc(CN3CCCC3(CO)C(F)(F)F)ns2)n1. The molecular formula is C20H21F3N8OS. The lowest BCUT2D eigenvalue weighted by molar-refractivity contribution is -0.235. The van der Waals surface area contributed by atoms with Crippen molar-refractivity contribution in [2.24, 2.45) is 0 Å². The van der Waals surface area contributed by atoms with Crippen molar-refractivity contribution in [1.82, 2.24) is 33.8 Å². The fourth-order valence-corrected chi connectivity index (χ4v) is 4.97. The van der Waals surface area contributed by atoms with Crippen molar-refractivity contribution in [3.05, 3.63) is 42.2 Å². The zero-order valence-corrected chi connectivity index (χ0v) is 18.4. The topological polar surface area (TPSA) is 107 Å². The molecule has 0 aliphatic carbocycles. The monoisotopic (exact) mass is 478 g/mol. The molecule has 13 heteroatoms. The molecule has 0 radical (unpaired) electrons. The van der Waals surface area contributed by atoms with Gasteiger partial charge in [-0.3, -0.25) is 14.4 Å². The van der Waals surface area contributed by atoms with Crippen LogP contribution < -0.4 is 5.32 Å². The lowest BCUT2D eigenvalue weighted by Gasteiger charge is -2.38. The minimum atomic E-state index is -4.51. The van der Waals surface area contributed by atoms with Gasteiger partial charge in [-0.15, -0.1) is 0 Å². The molecule has 5 heterocycles. The van der Waals surface area contributed by atoms with Crippen molar-refractivity contribution in [3.63, 3.8) is 0 Å². The molecule has 1 aliphatic rings. The summed E-state index contributed by atoms with van der Waals surface area (Å²) in [4.78, 5) is 10.3. The van der Waals surface area contributed by atoms with E-state index >= 15 is 0 Å². The van der Waals surface area contributed by atoms with E-state index in [4.69, 9.17) is 0 Å². The third-order valence-corrected chi connectivity index (χ3v) is 6.72. The molecule has 174 valence electrons. The van der Waals surface area contributed by atoms with Crippen molar-refractivity contribution in [2.45, 2.75) is 38.0 Å². The molecule has 0 bridgehead atoms. The molecule has 1 fully saturated rings. The molecule has 0 saturated carbocycles. The van der Waals surface area contributed by atoms with Crippen LogP contribution in [-0.4, -0.2) is 63.8 Å². The Balaban J connectivity index is 1.40. The Hall–Kier alpha value is -3.03. The number of hydrogen-bond acceptors (Lipinski definition) is 8. The number of fused-ring (bicyclic) bond motifs is 1. The molecule has 33 heavy (non-hydrogen) atoms. The molecular weight excluding hydrogens is 457 g/mol. The Morgan fingerprint density at radius 2 is 2.18 bits per heavy atom. The Bertz CT molecular complexity index is 1270. The Labute approximate surface area is 190 Å². The first-order chi connectivity index (χ1) is 15.8. The molecule has 5 rings (SSSR count). The van der Waals surface area contributed by atoms with Crippen molar-refractivity contribution >= 4 is 28.0 Å². The van der Waals surface area contributed by atoms with Gasteiger partial charge in [0.25, 0.3) is 0 Å². The molecule has 3 N–H and O–H groups in total. The Kier molecular flexibility index (Phi) is 5.34. The third-order valence-electron chi connectivity index (χ3n) is 5.97. The first-order valence-corrected chi connectivity index (χ1v) is 11.1. The highest BCUT2D eigenvalue weighted by molar-refractivity contribution is 7.10. The number of anilines is 2. The van der Waals surface area contributed by atoms with E-state index < -0.39 is 18.3 Å². The highest BCUT2D eigenvalue weighted by Crippen LogP contribution is 2.43. The van der Waals surface area contributed by atoms with E-state index in [1.165, 1.54) is 4.90 Å². The van der Waals surface area contributed by atoms with Crippen LogP contribution in [0.5, 0.6) is 0 Å². The quantitative estimate of drug-likeness (QED) is 0.389. The molecule has 0 spiro atoms. The van der Waals surface area contributed by atoms with Gasteiger partial charge >= 0.3 is 6.18 Å². The van der Waals surface area contributed by atoms with Gasteiger partial charge in [0, 0.05) is 24.5 Å². The summed E-state index contributed by atoms with van der Waals surface area (Å²) in [5.74, 6) is 0.515. The summed E-state index contributed by atoms with van der Waals surface area (Å²) in [5, 5.41) is 20.2. The van der Waals surface area contributed by atoms with E-state index in [1.54, 1.807) is 24.7 Å². The summed E-state index contributed by atoms with van der Waals surface area (Å²) in [6.07, 6.45) is 2.81. The number of aromatic amines is 1. The fraction of sp³-hybridized carbons (Fsp3) is 0.400. The van der Waals surface area contributed by atoms with Crippen LogP contribution in [0.3, 0.4) is 0 Å². The van der Waals surface area contributed by atoms with Crippen LogP contribution in [0.15, 0.2) is 30.9 Å². The number of aliphatic hydroxyl groups is 1. The van der Waals surface area contributed by atoms with Crippen LogP contribution in [0, 0.1) is 6.92 Å². The lowest BCUT2D eigenvalue weighted by Crippen LogP contribution is -2.57. The van der Waals surface area contributed by atoms with E-state index in [0.29, 0.717) is 28.6 Å². The zero-order valence-electron chi connectivity index (χ0n) is 17.6. The number of likely N-dealkylation sites (tertiary alicyclic amines) is 1.